The highest BCUT2D eigenvalue weighted by Crippen LogP contribution is 2.05. The van der Waals surface area contributed by atoms with Gasteiger partial charge in [-0.25, -0.2) is 9.59 Å². The maximum absolute atomic E-state index is 11.7. The van der Waals surface area contributed by atoms with Crippen molar-refractivity contribution in [3.63, 3.8) is 0 Å². The summed E-state index contributed by atoms with van der Waals surface area (Å²) < 4.78 is 0. The molecule has 0 aliphatic carbocycles. The monoisotopic (exact) mass is 262 g/mol. The Morgan fingerprint density at radius 1 is 1.47 bits per heavy atom. The molecule has 0 radical (unpaired) electrons. The van der Waals surface area contributed by atoms with Gasteiger partial charge < -0.3 is 15.3 Å². The Bertz CT molecular complexity index is 261. The highest BCUT2D eigenvalue weighted by molar-refractivity contribution is 7.98. The van der Waals surface area contributed by atoms with Crippen LogP contribution in [0.3, 0.4) is 0 Å². The van der Waals surface area contributed by atoms with Crippen molar-refractivity contribution in [1.82, 2.24) is 10.2 Å². The van der Waals surface area contributed by atoms with Gasteiger partial charge in [0.15, 0.2) is 0 Å². The number of nitrogens with one attached hydrogen (secondary N) is 1. The molecule has 17 heavy (non-hydrogen) atoms. The first kappa shape index (κ1) is 16.1. The average molecular weight is 262 g/mol. The fraction of sp³-hybridized carbons (Fsp3) is 0.818. The van der Waals surface area contributed by atoms with Crippen LogP contribution >= 0.6 is 11.8 Å². The molecule has 0 aromatic carbocycles. The minimum absolute atomic E-state index is 0.327. The largest absolute Gasteiger partial charge is 0.480 e. The van der Waals surface area contributed by atoms with Crippen LogP contribution in [0.5, 0.6) is 0 Å². The molecule has 0 aromatic rings. The van der Waals surface area contributed by atoms with E-state index in [4.69, 9.17) is 5.11 Å². The molecule has 6 heteroatoms. The van der Waals surface area contributed by atoms with Gasteiger partial charge in [0.25, 0.3) is 0 Å². The molecular formula is C11H22N2O3S. The van der Waals surface area contributed by atoms with Crippen LogP contribution in [-0.4, -0.2) is 53.6 Å². The van der Waals surface area contributed by atoms with E-state index >= 15 is 0 Å². The molecule has 0 aliphatic heterocycles. The molecule has 0 aromatic heterocycles. The van der Waals surface area contributed by atoms with E-state index < -0.39 is 12.0 Å². The number of hydrogen-bond donors (Lipinski definition) is 2. The first-order chi connectivity index (χ1) is 7.93. The molecule has 0 saturated heterocycles. The molecule has 0 aliphatic rings. The zero-order valence-electron chi connectivity index (χ0n) is 10.9. The van der Waals surface area contributed by atoms with Crippen molar-refractivity contribution in [3.05, 3.63) is 0 Å². The quantitative estimate of drug-likeness (QED) is 0.729. The number of likely N-dealkylation sites (N-methyl/N-ethyl adjacent to an activating group) is 1. The Kier molecular flexibility index (Phi) is 7.78. The van der Waals surface area contributed by atoms with Crippen molar-refractivity contribution in [3.8, 4) is 0 Å². The van der Waals surface area contributed by atoms with Crippen molar-refractivity contribution in [1.29, 1.82) is 0 Å². The van der Waals surface area contributed by atoms with Crippen LogP contribution in [0.1, 0.15) is 20.3 Å². The number of hydrogen-bond acceptors (Lipinski definition) is 3. The predicted molar refractivity (Wildman–Crippen MR) is 70.4 cm³/mol. The first-order valence-corrected chi connectivity index (χ1v) is 7.05. The lowest BCUT2D eigenvalue weighted by Gasteiger charge is -2.24. The Balaban J connectivity index is 4.17. The summed E-state index contributed by atoms with van der Waals surface area (Å²) in [5, 5.41) is 11.7. The maximum Gasteiger partial charge on any atom is 0.326 e. The summed E-state index contributed by atoms with van der Waals surface area (Å²) >= 11 is 1.73. The van der Waals surface area contributed by atoms with Gasteiger partial charge in [-0.05, 0) is 24.3 Å². The molecule has 100 valence electrons. The van der Waals surface area contributed by atoms with E-state index in [-0.39, 0.29) is 6.03 Å². The van der Waals surface area contributed by atoms with Gasteiger partial charge in [0, 0.05) is 13.6 Å². The van der Waals surface area contributed by atoms with Crippen LogP contribution < -0.4 is 5.32 Å². The second kappa shape index (κ2) is 8.22. The number of carboxylic acids is 1. The van der Waals surface area contributed by atoms with Gasteiger partial charge in [-0.3, -0.25) is 0 Å². The molecule has 0 heterocycles. The Morgan fingerprint density at radius 3 is 2.47 bits per heavy atom. The van der Waals surface area contributed by atoms with E-state index in [1.54, 1.807) is 18.7 Å². The number of amides is 2. The maximum atomic E-state index is 11.7. The number of rotatable bonds is 7. The lowest BCUT2D eigenvalue weighted by Crippen LogP contribution is -2.47. The zero-order valence-corrected chi connectivity index (χ0v) is 11.7. The topological polar surface area (TPSA) is 69.6 Å². The van der Waals surface area contributed by atoms with Crippen LogP contribution in [0.25, 0.3) is 0 Å². The minimum atomic E-state index is -0.970. The minimum Gasteiger partial charge on any atom is -0.480 e. The first-order valence-electron chi connectivity index (χ1n) is 5.66. The molecule has 2 N–H and O–H groups in total. The van der Waals surface area contributed by atoms with Crippen molar-refractivity contribution < 1.29 is 14.7 Å². The fourth-order valence-corrected chi connectivity index (χ4v) is 2.17. The highest BCUT2D eigenvalue weighted by Gasteiger charge is 2.24. The number of carbonyl (C=O) groups excluding carboxylic acids is 1. The van der Waals surface area contributed by atoms with E-state index in [0.29, 0.717) is 18.9 Å². The number of carboxylic acid groups (broad SMARTS) is 1. The third-order valence-electron chi connectivity index (χ3n) is 2.51. The number of carbonyl (C=O) groups is 2. The van der Waals surface area contributed by atoms with Crippen LogP contribution in [0.15, 0.2) is 0 Å². The number of nitrogens with zero attached hydrogens (tertiary/aromatic N) is 1. The third kappa shape index (κ3) is 5.81. The number of aliphatic carboxylic acids is 1. The van der Waals surface area contributed by atoms with E-state index in [9.17, 15) is 9.59 Å². The molecule has 0 rings (SSSR count). The van der Waals surface area contributed by atoms with Crippen LogP contribution in [0, 0.1) is 5.92 Å². The number of thioether (sulfide) groups is 1. The average Bonchev–Trinajstić information content (AvgIpc) is 2.26. The van der Waals surface area contributed by atoms with Crippen LogP contribution in [-0.2, 0) is 4.79 Å². The summed E-state index contributed by atoms with van der Waals surface area (Å²) in [4.78, 5) is 23.8. The van der Waals surface area contributed by atoms with Gasteiger partial charge in [0.1, 0.15) is 6.04 Å². The van der Waals surface area contributed by atoms with Gasteiger partial charge in [0.05, 0.1) is 0 Å². The van der Waals surface area contributed by atoms with Gasteiger partial charge in [0.2, 0.25) is 0 Å². The molecule has 0 fully saturated rings. The van der Waals surface area contributed by atoms with Gasteiger partial charge in [-0.15, -0.1) is 0 Å². The third-order valence-corrected chi connectivity index (χ3v) is 3.41. The molecule has 0 bridgehead atoms. The summed E-state index contributed by atoms with van der Waals surface area (Å²) in [7, 11) is 1.51. The van der Waals surface area contributed by atoms with E-state index in [1.807, 2.05) is 13.2 Å². The van der Waals surface area contributed by atoms with E-state index in [0.717, 1.165) is 5.75 Å². The molecule has 5 nitrogen and oxygen atoms in total. The van der Waals surface area contributed by atoms with Crippen LogP contribution in [0.4, 0.5) is 4.79 Å². The van der Waals surface area contributed by atoms with Crippen molar-refractivity contribution in [2.24, 2.45) is 5.92 Å². The normalized spacial score (nSPS) is 13.9. The molecule has 0 saturated carbocycles. The summed E-state index contributed by atoms with van der Waals surface area (Å²) in [5.74, 6) is 0.384. The summed E-state index contributed by atoms with van der Waals surface area (Å²) in [6.45, 7) is 4.37. The molecular weight excluding hydrogens is 240 g/mol. The summed E-state index contributed by atoms with van der Waals surface area (Å²) in [5.41, 5.74) is 0. The fourth-order valence-electron chi connectivity index (χ4n) is 1.49. The molecule has 2 unspecified atom stereocenters. The Labute approximate surface area is 107 Å². The lowest BCUT2D eigenvalue weighted by atomic mass is 10.2. The number of urea groups is 1. The van der Waals surface area contributed by atoms with Gasteiger partial charge in [-0.1, -0.05) is 13.8 Å². The SMILES string of the molecule is CCC(C(=O)O)N(C)C(=O)NCC(C)CSC. The summed E-state index contributed by atoms with van der Waals surface area (Å²) in [6, 6.07) is -1.09. The standard InChI is InChI=1S/C11H22N2O3S/c1-5-9(10(14)15)13(3)11(16)12-6-8(2)7-17-4/h8-9H,5-7H2,1-4H3,(H,12,16)(H,14,15). The molecule has 0 spiro atoms. The van der Waals surface area contributed by atoms with E-state index in [2.05, 4.69) is 5.32 Å². The van der Waals surface area contributed by atoms with E-state index in [1.165, 1.54) is 11.9 Å². The second-order valence-corrected chi connectivity index (χ2v) is 5.03. The Hall–Kier alpha value is -0.910. The molecule has 2 amide bonds. The highest BCUT2D eigenvalue weighted by atomic mass is 32.2. The van der Waals surface area contributed by atoms with Gasteiger partial charge in [-0.2, -0.15) is 11.8 Å². The zero-order chi connectivity index (χ0) is 13.4. The van der Waals surface area contributed by atoms with Gasteiger partial charge >= 0.3 is 12.0 Å². The predicted octanol–water partition coefficient (Wildman–Crippen LogP) is 1.49. The summed E-state index contributed by atoms with van der Waals surface area (Å²) in [6.07, 6.45) is 2.42. The molecule has 2 atom stereocenters. The smallest absolute Gasteiger partial charge is 0.326 e. The van der Waals surface area contributed by atoms with Crippen molar-refractivity contribution in [2.75, 3.05) is 25.6 Å². The second-order valence-electron chi connectivity index (χ2n) is 4.12. The van der Waals surface area contributed by atoms with Crippen LogP contribution in [0.2, 0.25) is 0 Å². The Morgan fingerprint density at radius 2 is 2.06 bits per heavy atom. The van der Waals surface area contributed by atoms with Crippen molar-refractivity contribution >= 4 is 23.8 Å². The lowest BCUT2D eigenvalue weighted by molar-refractivity contribution is -0.141. The van der Waals surface area contributed by atoms with Crippen molar-refractivity contribution in [2.45, 2.75) is 26.3 Å².